The van der Waals surface area contributed by atoms with Gasteiger partial charge in [0, 0.05) is 11.4 Å². The van der Waals surface area contributed by atoms with Crippen LogP contribution < -0.4 is 11.1 Å². The molecule has 3 aromatic rings. The van der Waals surface area contributed by atoms with E-state index in [2.05, 4.69) is 15.6 Å². The Bertz CT molecular complexity index is 988. The third-order valence-corrected chi connectivity index (χ3v) is 3.48. The van der Waals surface area contributed by atoms with Gasteiger partial charge in [-0.15, -0.1) is 9.78 Å². The number of hydrogen-bond acceptors (Lipinski definition) is 6. The number of anilines is 2. The van der Waals surface area contributed by atoms with Crippen molar-refractivity contribution in [1.82, 2.24) is 15.0 Å². The lowest BCUT2D eigenvalue weighted by molar-refractivity contribution is 0.0519. The lowest BCUT2D eigenvalue weighted by Gasteiger charge is -2.18. The smallest absolute Gasteiger partial charge is 0.437 e. The highest BCUT2D eigenvalue weighted by Crippen LogP contribution is 2.20. The zero-order valence-electron chi connectivity index (χ0n) is 14.7. The largest absolute Gasteiger partial charge is 0.442 e. The molecule has 0 unspecified atom stereocenters. The number of rotatable bonds is 2. The molecule has 8 nitrogen and oxygen atoms in total. The summed E-state index contributed by atoms with van der Waals surface area (Å²) >= 11 is 0. The number of para-hydroxylation sites is 1. The third kappa shape index (κ3) is 3.64. The van der Waals surface area contributed by atoms with Crippen molar-refractivity contribution >= 4 is 34.4 Å². The van der Waals surface area contributed by atoms with Crippen molar-refractivity contribution in [2.75, 3.05) is 11.1 Å². The summed E-state index contributed by atoms with van der Waals surface area (Å²) in [4.78, 5) is 24.5. The molecule has 0 saturated carbocycles. The minimum Gasteiger partial charge on any atom is -0.442 e. The number of fused-ring (bicyclic) bond motifs is 1. The SMILES string of the molecule is CC(C)(C)OC(=O)n1nnc2cc(NC(=O)c3ccccc3N)ccc21. The molecule has 26 heavy (non-hydrogen) atoms. The predicted octanol–water partition coefficient (Wildman–Crippen LogP) is 3.05. The molecule has 0 radical (unpaired) electrons. The number of ether oxygens (including phenoxy) is 1. The maximum Gasteiger partial charge on any atom is 0.437 e. The Morgan fingerprint density at radius 1 is 1.15 bits per heavy atom. The monoisotopic (exact) mass is 353 g/mol. The maximum atomic E-state index is 12.3. The number of nitrogens with one attached hydrogen (secondary N) is 1. The molecule has 0 spiro atoms. The first-order valence-corrected chi connectivity index (χ1v) is 7.99. The quantitative estimate of drug-likeness (QED) is 0.685. The summed E-state index contributed by atoms with van der Waals surface area (Å²) in [6, 6.07) is 11.7. The van der Waals surface area contributed by atoms with E-state index in [9.17, 15) is 9.59 Å². The Labute approximate surface area is 149 Å². The molecule has 0 aliphatic heterocycles. The molecule has 1 heterocycles. The Balaban J connectivity index is 1.84. The number of nitrogen functional groups attached to an aromatic ring is 1. The molecule has 1 amide bonds. The van der Waals surface area contributed by atoms with Crippen molar-refractivity contribution in [2.45, 2.75) is 26.4 Å². The lowest BCUT2D eigenvalue weighted by atomic mass is 10.1. The zero-order chi connectivity index (χ0) is 18.9. The zero-order valence-corrected chi connectivity index (χ0v) is 14.7. The molecule has 8 heteroatoms. The van der Waals surface area contributed by atoms with Gasteiger partial charge in [-0.3, -0.25) is 4.79 Å². The highest BCUT2D eigenvalue weighted by Gasteiger charge is 2.21. The maximum absolute atomic E-state index is 12.3. The van der Waals surface area contributed by atoms with E-state index in [-0.39, 0.29) is 5.91 Å². The van der Waals surface area contributed by atoms with Crippen molar-refractivity contribution in [3.63, 3.8) is 0 Å². The number of hydrogen-bond donors (Lipinski definition) is 2. The van der Waals surface area contributed by atoms with Crippen LogP contribution in [-0.4, -0.2) is 32.6 Å². The van der Waals surface area contributed by atoms with E-state index < -0.39 is 11.7 Å². The van der Waals surface area contributed by atoms with Crippen LogP contribution in [0.3, 0.4) is 0 Å². The van der Waals surface area contributed by atoms with Crippen LogP contribution in [0.15, 0.2) is 42.5 Å². The van der Waals surface area contributed by atoms with E-state index in [1.165, 1.54) is 0 Å². The van der Waals surface area contributed by atoms with Crippen LogP contribution in [0.1, 0.15) is 31.1 Å². The van der Waals surface area contributed by atoms with Gasteiger partial charge in [0.15, 0.2) is 0 Å². The van der Waals surface area contributed by atoms with Crippen molar-refractivity contribution in [3.05, 3.63) is 48.0 Å². The molecule has 0 fully saturated rings. The van der Waals surface area contributed by atoms with Gasteiger partial charge in [0.25, 0.3) is 5.91 Å². The van der Waals surface area contributed by atoms with Gasteiger partial charge in [0.2, 0.25) is 0 Å². The topological polar surface area (TPSA) is 112 Å². The highest BCUT2D eigenvalue weighted by molar-refractivity contribution is 6.08. The minimum atomic E-state index is -0.640. The fraction of sp³-hybridized carbons (Fsp3) is 0.222. The third-order valence-electron chi connectivity index (χ3n) is 3.48. The molecule has 0 saturated heterocycles. The summed E-state index contributed by atoms with van der Waals surface area (Å²) in [5.41, 5.74) is 7.40. The number of amides is 1. The molecule has 134 valence electrons. The van der Waals surface area contributed by atoms with Crippen LogP contribution in [0.2, 0.25) is 0 Å². The van der Waals surface area contributed by atoms with Gasteiger partial charge in [-0.1, -0.05) is 17.3 Å². The predicted molar refractivity (Wildman–Crippen MR) is 98.0 cm³/mol. The first-order chi connectivity index (χ1) is 12.2. The summed E-state index contributed by atoms with van der Waals surface area (Å²) < 4.78 is 6.38. The molecule has 0 bridgehead atoms. The van der Waals surface area contributed by atoms with Gasteiger partial charge in [-0.2, -0.15) is 0 Å². The van der Waals surface area contributed by atoms with Gasteiger partial charge in [0.05, 0.1) is 5.56 Å². The average Bonchev–Trinajstić information content (AvgIpc) is 2.97. The van der Waals surface area contributed by atoms with Crippen LogP contribution in [0.5, 0.6) is 0 Å². The number of carbonyl (C=O) groups excluding carboxylic acids is 2. The fourth-order valence-electron chi connectivity index (χ4n) is 2.34. The molecule has 0 aliphatic rings. The van der Waals surface area contributed by atoms with Gasteiger partial charge >= 0.3 is 6.09 Å². The second-order valence-electron chi connectivity index (χ2n) is 6.73. The average molecular weight is 353 g/mol. The number of aromatic nitrogens is 3. The van der Waals surface area contributed by atoms with Crippen molar-refractivity contribution in [2.24, 2.45) is 0 Å². The van der Waals surface area contributed by atoms with Crippen molar-refractivity contribution < 1.29 is 14.3 Å². The summed E-state index contributed by atoms with van der Waals surface area (Å²) in [6.07, 6.45) is -0.617. The van der Waals surface area contributed by atoms with Crippen LogP contribution in [0, 0.1) is 0 Å². The normalized spacial score (nSPS) is 11.3. The standard InChI is InChI=1S/C18H19N5O3/c1-18(2,3)26-17(25)23-15-9-8-11(10-14(15)21-22-23)20-16(24)12-6-4-5-7-13(12)19/h4-10H,19H2,1-3H3,(H,20,24). The second kappa shape index (κ2) is 6.47. The number of carbonyl (C=O) groups is 2. The van der Waals surface area contributed by atoms with E-state index in [4.69, 9.17) is 10.5 Å². The number of benzene rings is 2. The summed E-state index contributed by atoms with van der Waals surface area (Å²) in [5.74, 6) is -0.331. The molecule has 1 aromatic heterocycles. The van der Waals surface area contributed by atoms with Crippen LogP contribution in [0.25, 0.3) is 11.0 Å². The number of nitrogens with two attached hydrogens (primary N) is 1. The van der Waals surface area contributed by atoms with Gasteiger partial charge in [0.1, 0.15) is 16.6 Å². The van der Waals surface area contributed by atoms with Gasteiger partial charge in [-0.25, -0.2) is 4.79 Å². The molecular weight excluding hydrogens is 334 g/mol. The van der Waals surface area contributed by atoms with E-state index in [1.807, 2.05) is 0 Å². The Morgan fingerprint density at radius 2 is 1.88 bits per heavy atom. The summed E-state index contributed by atoms with van der Waals surface area (Å²) in [5, 5.41) is 10.6. The van der Waals surface area contributed by atoms with E-state index in [1.54, 1.807) is 63.2 Å². The number of nitrogens with zero attached hydrogens (tertiary/aromatic N) is 3. The van der Waals surface area contributed by atoms with E-state index in [0.717, 1.165) is 4.68 Å². The molecule has 0 atom stereocenters. The second-order valence-corrected chi connectivity index (χ2v) is 6.73. The van der Waals surface area contributed by atoms with Gasteiger partial charge in [-0.05, 0) is 51.1 Å². The van der Waals surface area contributed by atoms with Gasteiger partial charge < -0.3 is 15.8 Å². The Hall–Kier alpha value is -3.42. The van der Waals surface area contributed by atoms with Crippen LogP contribution in [-0.2, 0) is 4.74 Å². The molecule has 3 N–H and O–H groups in total. The van der Waals surface area contributed by atoms with Crippen LogP contribution in [0.4, 0.5) is 16.2 Å². The van der Waals surface area contributed by atoms with Crippen molar-refractivity contribution in [3.8, 4) is 0 Å². The molecule has 0 aliphatic carbocycles. The Kier molecular flexibility index (Phi) is 4.33. The molecule has 3 rings (SSSR count). The van der Waals surface area contributed by atoms with E-state index >= 15 is 0 Å². The molecule has 2 aromatic carbocycles. The summed E-state index contributed by atoms with van der Waals surface area (Å²) in [6.45, 7) is 5.31. The van der Waals surface area contributed by atoms with Crippen molar-refractivity contribution in [1.29, 1.82) is 0 Å². The first kappa shape index (κ1) is 17.4. The summed E-state index contributed by atoms with van der Waals surface area (Å²) in [7, 11) is 0. The first-order valence-electron chi connectivity index (χ1n) is 7.99. The lowest BCUT2D eigenvalue weighted by Crippen LogP contribution is -2.27. The fourth-order valence-corrected chi connectivity index (χ4v) is 2.34. The van der Waals surface area contributed by atoms with E-state index in [0.29, 0.717) is 28.0 Å². The van der Waals surface area contributed by atoms with Crippen LogP contribution >= 0.6 is 0 Å². The highest BCUT2D eigenvalue weighted by atomic mass is 16.6. The Morgan fingerprint density at radius 3 is 2.58 bits per heavy atom. The molecular formula is C18H19N5O3. The minimum absolute atomic E-state index is 0.331.